The largest absolute Gasteiger partial charge is 0.352 e. The molecule has 3 N–H and O–H groups in total. The van der Waals surface area contributed by atoms with E-state index >= 15 is 0 Å². The van der Waals surface area contributed by atoms with Crippen LogP contribution in [0, 0.1) is 5.92 Å². The number of hydrogen-bond acceptors (Lipinski definition) is 4. The Labute approximate surface area is 161 Å². The topological polar surface area (TPSA) is 88.1 Å². The molecule has 2 heterocycles. The Hall–Kier alpha value is -1.60. The molecule has 1 aromatic heterocycles. The maximum atomic E-state index is 12.1. The van der Waals surface area contributed by atoms with Crippen LogP contribution in [0.1, 0.15) is 51.4 Å². The minimum atomic E-state index is -0.0150. The summed E-state index contributed by atoms with van der Waals surface area (Å²) in [6.45, 7) is 2.31. The summed E-state index contributed by atoms with van der Waals surface area (Å²) < 4.78 is 1.58. The second-order valence-corrected chi connectivity index (χ2v) is 7.26. The summed E-state index contributed by atoms with van der Waals surface area (Å²) in [6.07, 6.45) is 11.6. The number of anilines is 1. The van der Waals surface area contributed by atoms with Crippen molar-refractivity contribution in [2.24, 2.45) is 5.92 Å². The monoisotopic (exact) mass is 383 g/mol. The molecule has 2 fully saturated rings. The first-order valence-corrected chi connectivity index (χ1v) is 9.51. The summed E-state index contributed by atoms with van der Waals surface area (Å²) in [7, 11) is 0. The maximum absolute atomic E-state index is 12.1. The highest BCUT2D eigenvalue weighted by Gasteiger charge is 2.18. The maximum Gasteiger partial charge on any atom is 0.241 e. The van der Waals surface area contributed by atoms with Gasteiger partial charge < -0.3 is 16.0 Å². The average molecular weight is 384 g/mol. The van der Waals surface area contributed by atoms with Gasteiger partial charge in [-0.1, -0.05) is 12.8 Å². The van der Waals surface area contributed by atoms with Gasteiger partial charge in [0.2, 0.25) is 11.8 Å². The molecule has 2 aliphatic rings. The number of rotatable bonds is 7. The number of carbonyl (C=O) groups is 2. The van der Waals surface area contributed by atoms with E-state index in [0.717, 1.165) is 45.2 Å². The van der Waals surface area contributed by atoms with E-state index in [2.05, 4.69) is 21.0 Å². The van der Waals surface area contributed by atoms with Gasteiger partial charge in [-0.15, -0.1) is 12.4 Å². The highest BCUT2D eigenvalue weighted by atomic mass is 35.5. The number of nitrogens with one attached hydrogen (secondary N) is 3. The van der Waals surface area contributed by atoms with Gasteiger partial charge in [-0.2, -0.15) is 5.10 Å². The van der Waals surface area contributed by atoms with Crippen molar-refractivity contribution in [1.82, 2.24) is 20.4 Å². The van der Waals surface area contributed by atoms with Crippen molar-refractivity contribution in [3.8, 4) is 0 Å². The third kappa shape index (κ3) is 6.61. The van der Waals surface area contributed by atoms with Crippen LogP contribution < -0.4 is 16.0 Å². The molecule has 0 unspecified atom stereocenters. The number of aromatic nitrogens is 2. The quantitative estimate of drug-likeness (QED) is 0.672. The van der Waals surface area contributed by atoms with Gasteiger partial charge in [-0.05, 0) is 51.1 Å². The molecule has 0 spiro atoms. The van der Waals surface area contributed by atoms with Crippen molar-refractivity contribution < 1.29 is 9.59 Å². The average Bonchev–Trinajstić information content (AvgIpc) is 3.26. The smallest absolute Gasteiger partial charge is 0.241 e. The standard InChI is InChI=1S/C18H29N5O2.ClH/c24-17(6-5-14-7-9-19-10-8-14)22-16-11-20-23(12-16)13-18(25)21-15-3-1-2-4-15;/h11-12,14-15,19H,1-10,13H2,(H,21,25)(H,22,24);1H. The molecule has 1 aromatic rings. The van der Waals surface area contributed by atoms with Crippen LogP contribution in [0.3, 0.4) is 0 Å². The fraction of sp³-hybridized carbons (Fsp3) is 0.722. The van der Waals surface area contributed by atoms with Crippen molar-refractivity contribution in [2.75, 3.05) is 18.4 Å². The Bertz CT molecular complexity index is 580. The van der Waals surface area contributed by atoms with E-state index in [1.807, 2.05) is 0 Å². The summed E-state index contributed by atoms with van der Waals surface area (Å²) in [5.41, 5.74) is 0.656. The van der Waals surface area contributed by atoms with E-state index in [-0.39, 0.29) is 30.8 Å². The number of halogens is 1. The molecule has 1 aliphatic carbocycles. The first-order valence-electron chi connectivity index (χ1n) is 9.51. The molecule has 0 bridgehead atoms. The number of hydrogen-bond donors (Lipinski definition) is 3. The van der Waals surface area contributed by atoms with Gasteiger partial charge in [-0.25, -0.2) is 0 Å². The highest BCUT2D eigenvalue weighted by Crippen LogP contribution is 2.19. The van der Waals surface area contributed by atoms with E-state index < -0.39 is 0 Å². The zero-order valence-corrected chi connectivity index (χ0v) is 16.0. The van der Waals surface area contributed by atoms with Gasteiger partial charge in [0.1, 0.15) is 6.54 Å². The van der Waals surface area contributed by atoms with E-state index in [1.165, 1.54) is 12.8 Å². The zero-order valence-electron chi connectivity index (χ0n) is 15.2. The third-order valence-electron chi connectivity index (χ3n) is 5.18. The van der Waals surface area contributed by atoms with Crippen LogP contribution in [-0.4, -0.2) is 40.7 Å². The van der Waals surface area contributed by atoms with E-state index in [0.29, 0.717) is 24.1 Å². The Morgan fingerprint density at radius 2 is 1.88 bits per heavy atom. The van der Waals surface area contributed by atoms with Crippen molar-refractivity contribution in [2.45, 2.75) is 64.0 Å². The summed E-state index contributed by atoms with van der Waals surface area (Å²) in [5, 5.41) is 13.4. The second-order valence-electron chi connectivity index (χ2n) is 7.26. The normalized spacial score (nSPS) is 18.3. The van der Waals surface area contributed by atoms with Crippen LogP contribution >= 0.6 is 12.4 Å². The molecule has 8 heteroatoms. The Balaban J connectivity index is 0.00000243. The number of piperidine rings is 1. The van der Waals surface area contributed by atoms with Crippen molar-refractivity contribution in [1.29, 1.82) is 0 Å². The summed E-state index contributed by atoms with van der Waals surface area (Å²) in [5.74, 6) is 0.654. The molecule has 2 amide bonds. The lowest BCUT2D eigenvalue weighted by Gasteiger charge is -2.22. The van der Waals surface area contributed by atoms with Crippen LogP contribution in [0.25, 0.3) is 0 Å². The number of amides is 2. The van der Waals surface area contributed by atoms with Crippen LogP contribution in [0.4, 0.5) is 5.69 Å². The Morgan fingerprint density at radius 3 is 2.62 bits per heavy atom. The Morgan fingerprint density at radius 1 is 1.15 bits per heavy atom. The summed E-state index contributed by atoms with van der Waals surface area (Å²) in [4.78, 5) is 24.1. The lowest BCUT2D eigenvalue weighted by atomic mass is 9.93. The fourth-order valence-corrected chi connectivity index (χ4v) is 3.73. The fourth-order valence-electron chi connectivity index (χ4n) is 3.73. The molecule has 1 saturated carbocycles. The van der Waals surface area contributed by atoms with E-state index in [1.54, 1.807) is 17.1 Å². The summed E-state index contributed by atoms with van der Waals surface area (Å²) in [6, 6.07) is 0.317. The van der Waals surface area contributed by atoms with Crippen LogP contribution in [0.5, 0.6) is 0 Å². The molecule has 0 atom stereocenters. The van der Waals surface area contributed by atoms with Crippen LogP contribution in [0.15, 0.2) is 12.4 Å². The molecule has 1 saturated heterocycles. The molecule has 146 valence electrons. The predicted octanol–water partition coefficient (Wildman–Crippen LogP) is 2.08. The molecule has 0 radical (unpaired) electrons. The van der Waals surface area contributed by atoms with Crippen molar-refractivity contribution in [3.05, 3.63) is 12.4 Å². The molecule has 7 nitrogen and oxygen atoms in total. The third-order valence-corrected chi connectivity index (χ3v) is 5.18. The van der Waals surface area contributed by atoms with Crippen molar-refractivity contribution in [3.63, 3.8) is 0 Å². The van der Waals surface area contributed by atoms with Gasteiger partial charge in [0.15, 0.2) is 0 Å². The molecular weight excluding hydrogens is 354 g/mol. The van der Waals surface area contributed by atoms with Crippen molar-refractivity contribution >= 4 is 29.9 Å². The minimum absolute atomic E-state index is 0. The van der Waals surface area contributed by atoms with Crippen LogP contribution in [0.2, 0.25) is 0 Å². The molecule has 1 aliphatic heterocycles. The van der Waals surface area contributed by atoms with Gasteiger partial charge in [0.25, 0.3) is 0 Å². The second kappa shape index (κ2) is 10.5. The van der Waals surface area contributed by atoms with E-state index in [4.69, 9.17) is 0 Å². The Kier molecular flexibility index (Phi) is 8.38. The van der Waals surface area contributed by atoms with E-state index in [9.17, 15) is 9.59 Å². The predicted molar refractivity (Wildman–Crippen MR) is 103 cm³/mol. The molecule has 26 heavy (non-hydrogen) atoms. The van der Waals surface area contributed by atoms with Gasteiger partial charge >= 0.3 is 0 Å². The molecule has 0 aromatic carbocycles. The lowest BCUT2D eigenvalue weighted by molar-refractivity contribution is -0.122. The number of nitrogens with zero attached hydrogens (tertiary/aromatic N) is 2. The zero-order chi connectivity index (χ0) is 17.5. The van der Waals surface area contributed by atoms with Gasteiger partial charge in [-0.3, -0.25) is 14.3 Å². The highest BCUT2D eigenvalue weighted by molar-refractivity contribution is 5.90. The number of carbonyl (C=O) groups excluding carboxylic acids is 2. The molecule has 3 rings (SSSR count). The molecular formula is C18H30ClN5O2. The lowest BCUT2D eigenvalue weighted by Crippen LogP contribution is -2.35. The minimum Gasteiger partial charge on any atom is -0.352 e. The van der Waals surface area contributed by atoms with Crippen LogP contribution in [-0.2, 0) is 16.1 Å². The summed E-state index contributed by atoms with van der Waals surface area (Å²) >= 11 is 0. The first kappa shape index (κ1) is 20.7. The van der Waals surface area contributed by atoms with Gasteiger partial charge in [0, 0.05) is 18.7 Å². The SMILES string of the molecule is Cl.O=C(CCC1CCNCC1)Nc1cnn(CC(=O)NC2CCCC2)c1. The van der Waals surface area contributed by atoms with Gasteiger partial charge in [0.05, 0.1) is 11.9 Å². The first-order chi connectivity index (χ1) is 12.2.